The molecule has 1 N–H and O–H groups in total. The van der Waals surface area contributed by atoms with Gasteiger partial charge in [-0.25, -0.2) is 13.4 Å². The van der Waals surface area contributed by atoms with Gasteiger partial charge < -0.3 is 4.74 Å². The lowest BCUT2D eigenvalue weighted by molar-refractivity contribution is -0.143. The SMILES string of the molecule is Cc1ccc(S(=O)(=O)NCC(=O)OCc2cc(=O)n3c(C)cccc3n2)cc1. The summed E-state index contributed by atoms with van der Waals surface area (Å²) >= 11 is 0. The Bertz CT molecular complexity index is 1180. The molecular formula is C19H19N3O5S. The number of fused-ring (bicyclic) bond motifs is 1. The number of nitrogens with zero attached hydrogens (tertiary/aromatic N) is 2. The number of ether oxygens (including phenoxy) is 1. The lowest BCUT2D eigenvalue weighted by atomic mass is 10.2. The maximum absolute atomic E-state index is 12.2. The molecule has 0 fully saturated rings. The molecule has 8 nitrogen and oxygen atoms in total. The molecule has 0 aliphatic carbocycles. The molecule has 0 amide bonds. The largest absolute Gasteiger partial charge is 0.458 e. The molecule has 0 atom stereocenters. The minimum Gasteiger partial charge on any atom is -0.458 e. The lowest BCUT2D eigenvalue weighted by Gasteiger charge is -2.09. The fraction of sp³-hybridized carbons (Fsp3) is 0.211. The van der Waals surface area contributed by atoms with Crippen molar-refractivity contribution < 1.29 is 17.9 Å². The molecule has 3 aromatic rings. The Morgan fingerprint density at radius 2 is 1.86 bits per heavy atom. The van der Waals surface area contributed by atoms with Crippen molar-refractivity contribution in [2.45, 2.75) is 25.3 Å². The number of hydrogen-bond acceptors (Lipinski definition) is 6. The highest BCUT2D eigenvalue weighted by Crippen LogP contribution is 2.09. The molecule has 2 heterocycles. The van der Waals surface area contributed by atoms with E-state index in [-0.39, 0.29) is 22.8 Å². The molecule has 9 heteroatoms. The third-order valence-electron chi connectivity index (χ3n) is 4.05. The van der Waals surface area contributed by atoms with Crippen LogP contribution in [0.2, 0.25) is 0 Å². The van der Waals surface area contributed by atoms with Gasteiger partial charge in [-0.15, -0.1) is 0 Å². The highest BCUT2D eigenvalue weighted by atomic mass is 32.2. The molecule has 0 spiro atoms. The summed E-state index contributed by atoms with van der Waals surface area (Å²) in [7, 11) is -3.82. The van der Waals surface area contributed by atoms with E-state index >= 15 is 0 Å². The maximum Gasteiger partial charge on any atom is 0.321 e. The van der Waals surface area contributed by atoms with Crippen LogP contribution in [0.1, 0.15) is 17.0 Å². The number of rotatable bonds is 6. The zero-order valence-electron chi connectivity index (χ0n) is 15.4. The highest BCUT2D eigenvalue weighted by Gasteiger charge is 2.16. The minimum atomic E-state index is -3.82. The average molecular weight is 401 g/mol. The molecular weight excluding hydrogens is 382 g/mol. The van der Waals surface area contributed by atoms with Gasteiger partial charge in [0.25, 0.3) is 5.56 Å². The molecule has 0 aliphatic rings. The van der Waals surface area contributed by atoms with Gasteiger partial charge in [0.1, 0.15) is 18.8 Å². The Kier molecular flexibility index (Phi) is 5.57. The third kappa shape index (κ3) is 4.44. The Balaban J connectivity index is 1.62. The number of benzene rings is 1. The number of pyridine rings is 1. The summed E-state index contributed by atoms with van der Waals surface area (Å²) < 4.78 is 33.0. The molecule has 0 bridgehead atoms. The van der Waals surface area contributed by atoms with Crippen LogP contribution in [0.3, 0.4) is 0 Å². The van der Waals surface area contributed by atoms with Gasteiger partial charge in [0, 0.05) is 11.8 Å². The number of esters is 1. The van der Waals surface area contributed by atoms with E-state index in [1.165, 1.54) is 22.6 Å². The smallest absolute Gasteiger partial charge is 0.321 e. The standard InChI is InChI=1S/C19H19N3O5S/c1-13-6-8-16(9-7-13)28(25,26)20-11-19(24)27-12-15-10-18(23)22-14(2)4-3-5-17(22)21-15/h3-10,20H,11-12H2,1-2H3. The quantitative estimate of drug-likeness (QED) is 0.625. The topological polar surface area (TPSA) is 107 Å². The molecule has 0 aliphatic heterocycles. The van der Waals surface area contributed by atoms with Gasteiger partial charge in [-0.05, 0) is 38.1 Å². The van der Waals surface area contributed by atoms with Gasteiger partial charge in [-0.2, -0.15) is 4.72 Å². The number of aromatic nitrogens is 2. The van der Waals surface area contributed by atoms with E-state index in [2.05, 4.69) is 9.71 Å². The van der Waals surface area contributed by atoms with Crippen molar-refractivity contribution in [1.29, 1.82) is 0 Å². The van der Waals surface area contributed by atoms with Gasteiger partial charge in [0.2, 0.25) is 10.0 Å². The van der Waals surface area contributed by atoms with Crippen LogP contribution in [0, 0.1) is 13.8 Å². The molecule has 146 valence electrons. The highest BCUT2D eigenvalue weighted by molar-refractivity contribution is 7.89. The van der Waals surface area contributed by atoms with Crippen LogP contribution in [-0.4, -0.2) is 30.3 Å². The Morgan fingerprint density at radius 3 is 2.57 bits per heavy atom. The second-order valence-electron chi connectivity index (χ2n) is 6.24. The van der Waals surface area contributed by atoms with E-state index in [1.807, 2.05) is 6.92 Å². The first-order valence-electron chi connectivity index (χ1n) is 8.46. The van der Waals surface area contributed by atoms with E-state index in [0.717, 1.165) is 11.3 Å². The van der Waals surface area contributed by atoms with Crippen LogP contribution >= 0.6 is 0 Å². The van der Waals surface area contributed by atoms with Crippen LogP contribution in [0.15, 0.2) is 58.2 Å². The molecule has 28 heavy (non-hydrogen) atoms. The van der Waals surface area contributed by atoms with Crippen molar-refractivity contribution in [2.24, 2.45) is 0 Å². The number of carbonyl (C=O) groups is 1. The van der Waals surface area contributed by atoms with Crippen molar-refractivity contribution in [3.05, 3.63) is 75.8 Å². The number of hydrogen-bond donors (Lipinski definition) is 1. The first kappa shape index (κ1) is 19.7. The van der Waals surface area contributed by atoms with Gasteiger partial charge in [0.05, 0.1) is 10.6 Å². The van der Waals surface area contributed by atoms with Gasteiger partial charge in [-0.1, -0.05) is 23.8 Å². The maximum atomic E-state index is 12.2. The minimum absolute atomic E-state index is 0.0606. The molecule has 0 saturated heterocycles. The van der Waals surface area contributed by atoms with Crippen LogP contribution in [0.5, 0.6) is 0 Å². The second kappa shape index (κ2) is 7.91. The van der Waals surface area contributed by atoms with Gasteiger partial charge in [-0.3, -0.25) is 14.0 Å². The van der Waals surface area contributed by atoms with Crippen molar-refractivity contribution in [3.63, 3.8) is 0 Å². The summed E-state index contributed by atoms with van der Waals surface area (Å²) in [5, 5.41) is 0. The van der Waals surface area contributed by atoms with Crippen molar-refractivity contribution >= 4 is 21.6 Å². The summed E-state index contributed by atoms with van der Waals surface area (Å²) in [6.45, 7) is 2.87. The van der Waals surface area contributed by atoms with Crippen LogP contribution in [0.4, 0.5) is 0 Å². The van der Waals surface area contributed by atoms with E-state index < -0.39 is 22.5 Å². The van der Waals surface area contributed by atoms with Crippen molar-refractivity contribution in [1.82, 2.24) is 14.1 Å². The molecule has 0 saturated carbocycles. The molecule has 0 unspecified atom stereocenters. The number of carbonyl (C=O) groups excluding carboxylic acids is 1. The molecule has 3 rings (SSSR count). The fourth-order valence-corrected chi connectivity index (χ4v) is 3.57. The normalized spacial score (nSPS) is 11.5. The third-order valence-corrected chi connectivity index (χ3v) is 5.47. The molecule has 0 radical (unpaired) electrons. The van der Waals surface area contributed by atoms with Gasteiger partial charge >= 0.3 is 5.97 Å². The summed E-state index contributed by atoms with van der Waals surface area (Å²) in [6.07, 6.45) is 0. The monoisotopic (exact) mass is 401 g/mol. The van der Waals surface area contributed by atoms with Crippen molar-refractivity contribution in [2.75, 3.05) is 6.54 Å². The average Bonchev–Trinajstić information content (AvgIpc) is 2.65. The number of nitrogens with one attached hydrogen (secondary N) is 1. The first-order valence-corrected chi connectivity index (χ1v) is 9.95. The summed E-state index contributed by atoms with van der Waals surface area (Å²) in [6, 6.07) is 12.8. The summed E-state index contributed by atoms with van der Waals surface area (Å²) in [4.78, 5) is 28.4. The Morgan fingerprint density at radius 1 is 1.14 bits per heavy atom. The molecule has 2 aromatic heterocycles. The van der Waals surface area contributed by atoms with Crippen LogP contribution in [0.25, 0.3) is 5.65 Å². The molecule has 1 aromatic carbocycles. The van der Waals surface area contributed by atoms with E-state index in [0.29, 0.717) is 5.65 Å². The predicted molar refractivity (Wildman–Crippen MR) is 102 cm³/mol. The predicted octanol–water partition coefficient (Wildman–Crippen LogP) is 1.33. The van der Waals surface area contributed by atoms with Crippen molar-refractivity contribution in [3.8, 4) is 0 Å². The zero-order chi connectivity index (χ0) is 20.3. The van der Waals surface area contributed by atoms with E-state index in [4.69, 9.17) is 4.74 Å². The zero-order valence-corrected chi connectivity index (χ0v) is 16.2. The lowest BCUT2D eigenvalue weighted by Crippen LogP contribution is -2.30. The second-order valence-corrected chi connectivity index (χ2v) is 8.01. The van der Waals surface area contributed by atoms with E-state index in [1.54, 1.807) is 37.3 Å². The van der Waals surface area contributed by atoms with E-state index in [9.17, 15) is 18.0 Å². The van der Waals surface area contributed by atoms with Gasteiger partial charge in [0.15, 0.2) is 0 Å². The Hall–Kier alpha value is -3.04. The summed E-state index contributed by atoms with van der Waals surface area (Å²) in [5.41, 5.74) is 2.11. The Labute approximate surface area is 161 Å². The number of aryl methyl sites for hydroxylation is 2. The number of sulfonamides is 1. The van der Waals surface area contributed by atoms with Crippen LogP contribution < -0.4 is 10.3 Å². The first-order chi connectivity index (χ1) is 13.3. The fourth-order valence-electron chi connectivity index (χ4n) is 2.60. The summed E-state index contributed by atoms with van der Waals surface area (Å²) in [5.74, 6) is -0.776. The van der Waals surface area contributed by atoms with Crippen LogP contribution in [-0.2, 0) is 26.2 Å².